The van der Waals surface area contributed by atoms with Gasteiger partial charge in [-0.2, -0.15) is 0 Å². The molecule has 1 heterocycles. The highest BCUT2D eigenvalue weighted by molar-refractivity contribution is 8.14. The summed E-state index contributed by atoms with van der Waals surface area (Å²) in [5, 5.41) is 2.98. The maximum atomic E-state index is 11.4. The molecule has 0 aliphatic carbocycles. The Kier molecular flexibility index (Phi) is 3.78. The lowest BCUT2D eigenvalue weighted by Gasteiger charge is -2.10. The molecular formula is C9H15NO2S. The fraction of sp³-hybridized carbons (Fsp3) is 0.778. The summed E-state index contributed by atoms with van der Waals surface area (Å²) in [5.41, 5.74) is 0. The second-order valence-corrected chi connectivity index (χ2v) is 4.80. The van der Waals surface area contributed by atoms with E-state index >= 15 is 0 Å². The lowest BCUT2D eigenvalue weighted by atomic mass is 10.1. The number of hydrogen-bond acceptors (Lipinski definition) is 3. The molecule has 0 bridgehead atoms. The van der Waals surface area contributed by atoms with E-state index in [2.05, 4.69) is 19.2 Å². The van der Waals surface area contributed by atoms with E-state index in [1.165, 1.54) is 11.8 Å². The normalized spacial score (nSPS) is 22.4. The summed E-state index contributed by atoms with van der Waals surface area (Å²) in [6.45, 7) is 4.80. The highest BCUT2D eigenvalue weighted by atomic mass is 32.2. The van der Waals surface area contributed by atoms with Gasteiger partial charge < -0.3 is 5.32 Å². The predicted molar refractivity (Wildman–Crippen MR) is 53.4 cm³/mol. The minimum absolute atomic E-state index is 0.0343. The highest BCUT2D eigenvalue weighted by Gasteiger charge is 2.28. The van der Waals surface area contributed by atoms with Crippen LogP contribution in [-0.4, -0.2) is 23.3 Å². The van der Waals surface area contributed by atoms with Crippen molar-refractivity contribution in [2.45, 2.75) is 20.3 Å². The molecule has 0 radical (unpaired) electrons. The van der Waals surface area contributed by atoms with Gasteiger partial charge in [-0.25, -0.2) is 0 Å². The van der Waals surface area contributed by atoms with E-state index in [1.807, 2.05) is 0 Å². The maximum absolute atomic E-state index is 11.4. The van der Waals surface area contributed by atoms with Crippen LogP contribution in [0, 0.1) is 11.8 Å². The van der Waals surface area contributed by atoms with Gasteiger partial charge in [0.05, 0.1) is 5.92 Å². The molecule has 1 aliphatic rings. The van der Waals surface area contributed by atoms with Crippen molar-refractivity contribution < 1.29 is 9.59 Å². The summed E-state index contributed by atoms with van der Waals surface area (Å²) in [7, 11) is 0. The van der Waals surface area contributed by atoms with E-state index in [-0.39, 0.29) is 16.9 Å². The lowest BCUT2D eigenvalue weighted by molar-refractivity contribution is -0.126. The van der Waals surface area contributed by atoms with Gasteiger partial charge in [0, 0.05) is 18.7 Å². The molecule has 0 aromatic rings. The molecule has 1 N–H and O–H groups in total. The van der Waals surface area contributed by atoms with Crippen molar-refractivity contribution in [2.75, 3.05) is 12.3 Å². The monoisotopic (exact) mass is 201 g/mol. The summed E-state index contributed by atoms with van der Waals surface area (Å²) < 4.78 is 0. The van der Waals surface area contributed by atoms with Gasteiger partial charge in [0.15, 0.2) is 5.12 Å². The zero-order valence-electron chi connectivity index (χ0n) is 8.00. The fourth-order valence-electron chi connectivity index (χ4n) is 1.13. The average Bonchev–Trinajstić information content (AvgIpc) is 2.47. The molecule has 0 aromatic heterocycles. The number of thioether (sulfide) groups is 1. The molecule has 4 heteroatoms. The zero-order chi connectivity index (χ0) is 9.84. The van der Waals surface area contributed by atoms with Crippen LogP contribution in [0.25, 0.3) is 0 Å². The number of carbonyl (C=O) groups excluding carboxylic acids is 2. The van der Waals surface area contributed by atoms with Crippen molar-refractivity contribution in [1.29, 1.82) is 0 Å². The Balaban J connectivity index is 2.27. The topological polar surface area (TPSA) is 46.2 Å². The van der Waals surface area contributed by atoms with E-state index in [0.717, 1.165) is 0 Å². The molecule has 13 heavy (non-hydrogen) atoms. The van der Waals surface area contributed by atoms with E-state index in [1.54, 1.807) is 0 Å². The molecular weight excluding hydrogens is 186 g/mol. The van der Waals surface area contributed by atoms with Crippen LogP contribution in [0.2, 0.25) is 0 Å². The van der Waals surface area contributed by atoms with Crippen LogP contribution in [0.1, 0.15) is 20.3 Å². The zero-order valence-corrected chi connectivity index (χ0v) is 8.82. The third-order valence-corrected chi connectivity index (χ3v) is 2.97. The third-order valence-electron chi connectivity index (χ3n) is 1.91. The van der Waals surface area contributed by atoms with Gasteiger partial charge in [-0.3, -0.25) is 9.59 Å². The van der Waals surface area contributed by atoms with Gasteiger partial charge in [0.2, 0.25) is 5.91 Å². The molecule has 1 fully saturated rings. The van der Waals surface area contributed by atoms with Crippen LogP contribution in [0.3, 0.4) is 0 Å². The van der Waals surface area contributed by atoms with E-state index in [0.29, 0.717) is 24.6 Å². The third kappa shape index (κ3) is 3.38. The minimum Gasteiger partial charge on any atom is -0.356 e. The van der Waals surface area contributed by atoms with E-state index in [9.17, 15) is 9.59 Å². The Hall–Kier alpha value is -0.510. The van der Waals surface area contributed by atoms with E-state index < -0.39 is 0 Å². The molecule has 1 atom stereocenters. The molecule has 1 unspecified atom stereocenters. The standard InChI is InChI=1S/C9H15NO2S/c1-6(2)4-10-9(12)7-3-8(11)13-5-7/h6-7H,3-5H2,1-2H3,(H,10,12). The summed E-state index contributed by atoms with van der Waals surface area (Å²) >= 11 is 1.27. The first-order valence-electron chi connectivity index (χ1n) is 4.53. The molecule has 1 aliphatic heterocycles. The van der Waals surface area contributed by atoms with Crippen molar-refractivity contribution in [3.63, 3.8) is 0 Å². The Morgan fingerprint density at radius 2 is 2.38 bits per heavy atom. The molecule has 0 aromatic carbocycles. The van der Waals surface area contributed by atoms with Crippen molar-refractivity contribution in [1.82, 2.24) is 5.32 Å². The number of hydrogen-bond donors (Lipinski definition) is 1. The average molecular weight is 201 g/mol. The first kappa shape index (κ1) is 10.6. The second-order valence-electron chi connectivity index (χ2n) is 3.72. The molecule has 74 valence electrons. The largest absolute Gasteiger partial charge is 0.356 e. The number of rotatable bonds is 3. The van der Waals surface area contributed by atoms with Crippen LogP contribution in [0.4, 0.5) is 0 Å². The minimum atomic E-state index is -0.0868. The number of carbonyl (C=O) groups is 2. The Morgan fingerprint density at radius 3 is 2.85 bits per heavy atom. The molecule has 1 amide bonds. The van der Waals surface area contributed by atoms with Crippen LogP contribution in [-0.2, 0) is 9.59 Å². The molecule has 3 nitrogen and oxygen atoms in total. The first-order chi connectivity index (χ1) is 6.09. The predicted octanol–water partition coefficient (Wildman–Crippen LogP) is 1.04. The van der Waals surface area contributed by atoms with Crippen LogP contribution in [0.5, 0.6) is 0 Å². The van der Waals surface area contributed by atoms with Gasteiger partial charge in [-0.1, -0.05) is 25.6 Å². The van der Waals surface area contributed by atoms with Gasteiger partial charge in [-0.05, 0) is 5.92 Å². The molecule has 0 spiro atoms. The van der Waals surface area contributed by atoms with Crippen LogP contribution < -0.4 is 5.32 Å². The highest BCUT2D eigenvalue weighted by Crippen LogP contribution is 2.25. The van der Waals surface area contributed by atoms with Crippen molar-refractivity contribution >= 4 is 22.8 Å². The van der Waals surface area contributed by atoms with Gasteiger partial charge in [-0.15, -0.1) is 0 Å². The fourth-order valence-corrected chi connectivity index (χ4v) is 2.11. The van der Waals surface area contributed by atoms with E-state index in [4.69, 9.17) is 0 Å². The summed E-state index contributed by atoms with van der Waals surface area (Å²) in [5.74, 6) is 1.07. The molecule has 1 saturated heterocycles. The Morgan fingerprint density at radius 1 is 1.69 bits per heavy atom. The van der Waals surface area contributed by atoms with Crippen molar-refractivity contribution in [2.24, 2.45) is 11.8 Å². The first-order valence-corrected chi connectivity index (χ1v) is 5.51. The summed E-state index contributed by atoms with van der Waals surface area (Å²) in [4.78, 5) is 22.3. The lowest BCUT2D eigenvalue weighted by Crippen LogP contribution is -2.33. The van der Waals surface area contributed by atoms with Crippen molar-refractivity contribution in [3.8, 4) is 0 Å². The number of amides is 1. The second kappa shape index (κ2) is 4.65. The van der Waals surface area contributed by atoms with Gasteiger partial charge in [0.1, 0.15) is 0 Å². The number of nitrogens with one attached hydrogen (secondary N) is 1. The van der Waals surface area contributed by atoms with Crippen LogP contribution >= 0.6 is 11.8 Å². The Bertz CT molecular complexity index is 216. The molecule has 0 saturated carbocycles. The maximum Gasteiger partial charge on any atom is 0.224 e. The smallest absolute Gasteiger partial charge is 0.224 e. The summed E-state index contributed by atoms with van der Waals surface area (Å²) in [6.07, 6.45) is 0.411. The van der Waals surface area contributed by atoms with Crippen molar-refractivity contribution in [3.05, 3.63) is 0 Å². The Labute approximate surface area is 82.6 Å². The quantitative estimate of drug-likeness (QED) is 0.742. The SMILES string of the molecule is CC(C)CNC(=O)C1CSC(=O)C1. The molecule has 1 rings (SSSR count). The van der Waals surface area contributed by atoms with Crippen LogP contribution in [0.15, 0.2) is 0 Å². The summed E-state index contributed by atoms with van der Waals surface area (Å²) in [6, 6.07) is 0. The van der Waals surface area contributed by atoms with Gasteiger partial charge >= 0.3 is 0 Å². The van der Waals surface area contributed by atoms with Gasteiger partial charge in [0.25, 0.3) is 0 Å².